The van der Waals surface area contributed by atoms with Crippen molar-refractivity contribution in [2.45, 2.75) is 66.0 Å². The van der Waals surface area contributed by atoms with E-state index >= 15 is 0 Å². The van der Waals surface area contributed by atoms with Crippen LogP contribution in [0.3, 0.4) is 0 Å². The number of aromatic nitrogens is 2. The van der Waals surface area contributed by atoms with Crippen LogP contribution in [0.15, 0.2) is 24.3 Å². The van der Waals surface area contributed by atoms with Gasteiger partial charge in [0.1, 0.15) is 5.69 Å². The third kappa shape index (κ3) is 3.96. The van der Waals surface area contributed by atoms with Crippen LogP contribution in [0.25, 0.3) is 0 Å². The van der Waals surface area contributed by atoms with Crippen LogP contribution in [0, 0.1) is 6.92 Å². The van der Waals surface area contributed by atoms with Gasteiger partial charge in [0.15, 0.2) is 0 Å². The minimum atomic E-state index is -0.183. The fourth-order valence-electron chi connectivity index (χ4n) is 3.64. The molecule has 1 aromatic heterocycles. The zero-order valence-corrected chi connectivity index (χ0v) is 17.3. The molecule has 1 aliphatic rings. The Bertz CT molecular complexity index is 871. The van der Waals surface area contributed by atoms with Crippen molar-refractivity contribution < 1.29 is 9.59 Å². The largest absolute Gasteiger partial charge is 0.348 e. The lowest BCUT2D eigenvalue weighted by atomic mass is 10.1. The van der Waals surface area contributed by atoms with E-state index in [1.54, 1.807) is 4.90 Å². The number of carbonyl (C=O) groups excluding carboxylic acids is 2. The number of amides is 2. The number of anilines is 1. The van der Waals surface area contributed by atoms with E-state index in [0.29, 0.717) is 18.1 Å². The molecule has 1 aromatic carbocycles. The maximum atomic E-state index is 13.4. The van der Waals surface area contributed by atoms with Crippen LogP contribution in [0.1, 0.15) is 72.4 Å². The van der Waals surface area contributed by atoms with Crippen molar-refractivity contribution in [3.8, 4) is 0 Å². The number of aryl methyl sites for hydroxylation is 1. The van der Waals surface area contributed by atoms with Crippen molar-refractivity contribution in [3.05, 3.63) is 47.0 Å². The van der Waals surface area contributed by atoms with Gasteiger partial charge in [-0.2, -0.15) is 0 Å². The molecular weight excluding hydrogens is 352 g/mol. The Labute approximate surface area is 166 Å². The summed E-state index contributed by atoms with van der Waals surface area (Å²) in [6.45, 7) is 9.24. The highest BCUT2D eigenvalue weighted by Gasteiger charge is 2.30. The number of nitrogens with one attached hydrogen (secondary N) is 1. The zero-order valence-electron chi connectivity index (χ0n) is 17.3. The molecule has 1 N–H and O–H groups in total. The molecule has 0 aliphatic carbocycles. The molecule has 28 heavy (non-hydrogen) atoms. The second-order valence-electron chi connectivity index (χ2n) is 7.51. The Balaban J connectivity index is 1.99. The predicted octanol–water partition coefficient (Wildman–Crippen LogP) is 3.72. The van der Waals surface area contributed by atoms with E-state index in [1.807, 2.05) is 56.5 Å². The van der Waals surface area contributed by atoms with Crippen LogP contribution in [-0.4, -0.2) is 34.0 Å². The minimum absolute atomic E-state index is 0.0760. The van der Waals surface area contributed by atoms with Crippen LogP contribution in [-0.2, 0) is 13.0 Å². The number of carbonyl (C=O) groups is 2. The van der Waals surface area contributed by atoms with E-state index < -0.39 is 0 Å². The van der Waals surface area contributed by atoms with E-state index in [2.05, 4.69) is 10.3 Å². The number of rotatable bonds is 6. The molecule has 3 rings (SSSR count). The third-order valence-electron chi connectivity index (χ3n) is 5.39. The fraction of sp³-hybridized carbons (Fsp3) is 0.500. The molecule has 0 bridgehead atoms. The van der Waals surface area contributed by atoms with E-state index in [9.17, 15) is 9.59 Å². The van der Waals surface area contributed by atoms with Crippen molar-refractivity contribution >= 4 is 17.5 Å². The lowest BCUT2D eigenvalue weighted by Gasteiger charge is -2.23. The van der Waals surface area contributed by atoms with Gasteiger partial charge in [-0.25, -0.2) is 4.98 Å². The molecule has 1 atom stereocenters. The van der Waals surface area contributed by atoms with Crippen LogP contribution < -0.4 is 10.2 Å². The highest BCUT2D eigenvalue weighted by Crippen LogP contribution is 2.24. The van der Waals surface area contributed by atoms with Gasteiger partial charge in [0, 0.05) is 24.8 Å². The fourth-order valence-corrected chi connectivity index (χ4v) is 3.64. The molecule has 150 valence electrons. The van der Waals surface area contributed by atoms with Gasteiger partial charge in [-0.1, -0.05) is 19.1 Å². The first-order valence-corrected chi connectivity index (χ1v) is 10.2. The molecule has 0 saturated carbocycles. The maximum absolute atomic E-state index is 13.4. The number of fused-ring (bicyclic) bond motifs is 1. The summed E-state index contributed by atoms with van der Waals surface area (Å²) in [6, 6.07) is 7.97. The SMILES string of the molecule is CCC(C)NC(=O)c1nc(C(=O)N(CC)c2cccc(C)c2)n2c1CCCC2. The quantitative estimate of drug-likeness (QED) is 0.828. The average Bonchev–Trinajstić information content (AvgIpc) is 3.08. The summed E-state index contributed by atoms with van der Waals surface area (Å²) in [6.07, 6.45) is 3.63. The first kappa shape index (κ1) is 20.1. The third-order valence-corrected chi connectivity index (χ3v) is 5.39. The van der Waals surface area contributed by atoms with E-state index in [4.69, 9.17) is 0 Å². The van der Waals surface area contributed by atoms with Gasteiger partial charge in [0.2, 0.25) is 5.82 Å². The topological polar surface area (TPSA) is 67.2 Å². The minimum Gasteiger partial charge on any atom is -0.348 e. The van der Waals surface area contributed by atoms with Crippen molar-refractivity contribution in [2.24, 2.45) is 0 Å². The van der Waals surface area contributed by atoms with Gasteiger partial charge in [0.25, 0.3) is 11.8 Å². The predicted molar refractivity (Wildman–Crippen MR) is 111 cm³/mol. The Morgan fingerprint density at radius 1 is 1.29 bits per heavy atom. The molecule has 0 saturated heterocycles. The highest BCUT2D eigenvalue weighted by molar-refractivity contribution is 6.05. The molecule has 2 amide bonds. The van der Waals surface area contributed by atoms with Gasteiger partial charge in [-0.3, -0.25) is 9.59 Å². The van der Waals surface area contributed by atoms with Crippen LogP contribution >= 0.6 is 0 Å². The lowest BCUT2D eigenvalue weighted by Crippen LogP contribution is -2.33. The molecule has 0 spiro atoms. The van der Waals surface area contributed by atoms with Crippen LogP contribution in [0.4, 0.5) is 5.69 Å². The van der Waals surface area contributed by atoms with Crippen molar-refractivity contribution in [1.29, 1.82) is 0 Å². The second kappa shape index (κ2) is 8.59. The summed E-state index contributed by atoms with van der Waals surface area (Å²) in [4.78, 5) is 32.4. The number of nitrogens with zero attached hydrogens (tertiary/aromatic N) is 3. The monoisotopic (exact) mass is 382 g/mol. The lowest BCUT2D eigenvalue weighted by molar-refractivity contribution is 0.0933. The molecule has 0 fully saturated rings. The molecule has 2 heterocycles. The highest BCUT2D eigenvalue weighted by atomic mass is 16.2. The first-order valence-electron chi connectivity index (χ1n) is 10.2. The van der Waals surface area contributed by atoms with Crippen molar-refractivity contribution in [1.82, 2.24) is 14.9 Å². The van der Waals surface area contributed by atoms with Crippen molar-refractivity contribution in [2.75, 3.05) is 11.4 Å². The van der Waals surface area contributed by atoms with Gasteiger partial charge >= 0.3 is 0 Å². The molecule has 1 aliphatic heterocycles. The second-order valence-corrected chi connectivity index (χ2v) is 7.51. The van der Waals surface area contributed by atoms with Crippen LogP contribution in [0.5, 0.6) is 0 Å². The van der Waals surface area contributed by atoms with Crippen LogP contribution in [0.2, 0.25) is 0 Å². The molecule has 0 radical (unpaired) electrons. The molecule has 2 aromatic rings. The Kier molecular flexibility index (Phi) is 6.17. The van der Waals surface area contributed by atoms with Crippen molar-refractivity contribution in [3.63, 3.8) is 0 Å². The zero-order chi connectivity index (χ0) is 20.3. The Morgan fingerprint density at radius 2 is 2.07 bits per heavy atom. The summed E-state index contributed by atoms with van der Waals surface area (Å²) in [7, 11) is 0. The maximum Gasteiger partial charge on any atom is 0.294 e. The van der Waals surface area contributed by atoms with E-state index in [0.717, 1.165) is 49.2 Å². The summed E-state index contributed by atoms with van der Waals surface area (Å²) in [5.41, 5.74) is 3.24. The number of benzene rings is 1. The normalized spacial score (nSPS) is 14.3. The molecule has 6 nitrogen and oxygen atoms in total. The summed E-state index contributed by atoms with van der Waals surface area (Å²) in [5, 5.41) is 2.99. The Hall–Kier alpha value is -2.63. The molecular formula is C22H30N4O2. The average molecular weight is 383 g/mol. The van der Waals surface area contributed by atoms with E-state index in [-0.39, 0.29) is 17.9 Å². The molecule has 1 unspecified atom stereocenters. The Morgan fingerprint density at radius 3 is 2.75 bits per heavy atom. The first-order chi connectivity index (χ1) is 13.5. The number of hydrogen-bond acceptors (Lipinski definition) is 3. The van der Waals surface area contributed by atoms with E-state index in [1.165, 1.54) is 0 Å². The van der Waals surface area contributed by atoms with Gasteiger partial charge < -0.3 is 14.8 Å². The summed E-state index contributed by atoms with van der Waals surface area (Å²) < 4.78 is 1.95. The molecule has 6 heteroatoms. The van der Waals surface area contributed by atoms with Gasteiger partial charge in [-0.15, -0.1) is 0 Å². The van der Waals surface area contributed by atoms with Gasteiger partial charge in [-0.05, 0) is 64.2 Å². The summed E-state index contributed by atoms with van der Waals surface area (Å²) in [5.74, 6) is 0.0313. The number of hydrogen-bond donors (Lipinski definition) is 1. The van der Waals surface area contributed by atoms with Gasteiger partial charge in [0.05, 0.1) is 5.69 Å². The summed E-state index contributed by atoms with van der Waals surface area (Å²) >= 11 is 0. The smallest absolute Gasteiger partial charge is 0.294 e. The standard InChI is InChI=1S/C22H30N4O2/c1-5-16(4)23-21(27)19-18-12-7-8-13-26(18)20(24-19)22(28)25(6-2)17-11-9-10-15(3)14-17/h9-11,14,16H,5-8,12-13H2,1-4H3,(H,23,27). The number of imidazole rings is 1.